The number of carbonyl (C=O) groups is 1. The minimum absolute atomic E-state index is 0.0633. The molecule has 1 unspecified atom stereocenters. The fraction of sp³-hybridized carbons (Fsp3) is 0.500. The Morgan fingerprint density at radius 2 is 1.60 bits per heavy atom. The highest BCUT2D eigenvalue weighted by Gasteiger charge is 2.22. The number of benzene rings is 1. The van der Waals surface area contributed by atoms with Crippen molar-refractivity contribution in [1.82, 2.24) is 0 Å². The molecule has 0 aliphatic rings. The first kappa shape index (κ1) is 15.9. The van der Waals surface area contributed by atoms with Crippen molar-refractivity contribution in [2.24, 2.45) is 5.92 Å². The molecule has 0 spiro atoms. The van der Waals surface area contributed by atoms with Crippen molar-refractivity contribution >= 4 is 11.7 Å². The van der Waals surface area contributed by atoms with Gasteiger partial charge in [-0.2, -0.15) is 0 Å². The molecule has 0 fully saturated rings. The van der Waals surface area contributed by atoms with Crippen LogP contribution in [0.1, 0.15) is 13.8 Å². The maximum Gasteiger partial charge on any atom is 0.326 e. The first-order valence-electron chi connectivity index (χ1n) is 6.23. The summed E-state index contributed by atoms with van der Waals surface area (Å²) >= 11 is 0. The van der Waals surface area contributed by atoms with E-state index in [4.69, 9.17) is 14.2 Å². The first-order valence-corrected chi connectivity index (χ1v) is 6.23. The van der Waals surface area contributed by atoms with Gasteiger partial charge in [-0.15, -0.1) is 0 Å². The maximum atomic E-state index is 11.2. The average molecular weight is 283 g/mol. The highest BCUT2D eigenvalue weighted by atomic mass is 16.5. The molecule has 0 aliphatic heterocycles. The van der Waals surface area contributed by atoms with Crippen LogP contribution >= 0.6 is 0 Å². The fourth-order valence-corrected chi connectivity index (χ4v) is 1.86. The number of ether oxygens (including phenoxy) is 3. The van der Waals surface area contributed by atoms with Crippen molar-refractivity contribution in [1.29, 1.82) is 0 Å². The summed E-state index contributed by atoms with van der Waals surface area (Å²) in [6.07, 6.45) is 0. The van der Waals surface area contributed by atoms with Crippen molar-refractivity contribution in [2.75, 3.05) is 26.6 Å². The molecule has 2 N–H and O–H groups in total. The molecule has 0 aliphatic carbocycles. The summed E-state index contributed by atoms with van der Waals surface area (Å²) in [5.41, 5.74) is 0.598. The van der Waals surface area contributed by atoms with Gasteiger partial charge >= 0.3 is 5.97 Å². The quantitative estimate of drug-likeness (QED) is 0.799. The second-order valence-corrected chi connectivity index (χ2v) is 4.62. The third kappa shape index (κ3) is 3.46. The average Bonchev–Trinajstić information content (AvgIpc) is 2.42. The van der Waals surface area contributed by atoms with Crippen LogP contribution in [0, 0.1) is 5.92 Å². The van der Waals surface area contributed by atoms with E-state index in [1.807, 2.05) is 13.8 Å². The lowest BCUT2D eigenvalue weighted by atomic mass is 10.0. The Kier molecular flexibility index (Phi) is 5.49. The van der Waals surface area contributed by atoms with Gasteiger partial charge < -0.3 is 24.6 Å². The zero-order valence-corrected chi connectivity index (χ0v) is 12.4. The third-order valence-corrected chi connectivity index (χ3v) is 2.92. The Labute approximate surface area is 118 Å². The highest BCUT2D eigenvalue weighted by Crippen LogP contribution is 2.40. The van der Waals surface area contributed by atoms with Gasteiger partial charge in [0.15, 0.2) is 11.5 Å². The van der Waals surface area contributed by atoms with Crippen molar-refractivity contribution < 1.29 is 24.1 Å². The molecule has 0 bridgehead atoms. The van der Waals surface area contributed by atoms with Gasteiger partial charge in [0.05, 0.1) is 21.3 Å². The second-order valence-electron chi connectivity index (χ2n) is 4.62. The van der Waals surface area contributed by atoms with Crippen LogP contribution in [0.25, 0.3) is 0 Å². The molecule has 1 aromatic carbocycles. The number of carboxylic acids is 1. The predicted octanol–water partition coefficient (Wildman–Crippen LogP) is 2.23. The van der Waals surface area contributed by atoms with Gasteiger partial charge in [-0.05, 0) is 5.92 Å². The molecule has 20 heavy (non-hydrogen) atoms. The van der Waals surface area contributed by atoms with Crippen LogP contribution in [0.15, 0.2) is 12.1 Å². The molecule has 1 aromatic rings. The largest absolute Gasteiger partial charge is 0.493 e. The van der Waals surface area contributed by atoms with Crippen LogP contribution in [-0.2, 0) is 4.79 Å². The number of carboxylic acid groups (broad SMARTS) is 1. The molecule has 0 heterocycles. The lowest BCUT2D eigenvalue weighted by Crippen LogP contribution is -2.34. The van der Waals surface area contributed by atoms with Crippen molar-refractivity contribution in [3.8, 4) is 17.2 Å². The second kappa shape index (κ2) is 6.88. The first-order chi connectivity index (χ1) is 9.44. The molecule has 1 rings (SSSR count). The number of hydrogen-bond donors (Lipinski definition) is 2. The standard InChI is InChI=1S/C14H21NO5/c1-8(2)12(14(16)17)15-9-6-10(18-3)13(20-5)11(7-9)19-4/h6-8,12,15H,1-5H3,(H,16,17). The Bertz CT molecular complexity index is 448. The Morgan fingerprint density at radius 3 is 1.90 bits per heavy atom. The summed E-state index contributed by atoms with van der Waals surface area (Å²) in [5, 5.41) is 12.2. The maximum absolute atomic E-state index is 11.2. The molecule has 6 heteroatoms. The van der Waals surface area contributed by atoms with E-state index >= 15 is 0 Å². The molecule has 0 aromatic heterocycles. The topological polar surface area (TPSA) is 77.0 Å². The van der Waals surface area contributed by atoms with Gasteiger partial charge in [0.1, 0.15) is 6.04 Å². The van der Waals surface area contributed by atoms with E-state index in [0.717, 1.165) is 0 Å². The summed E-state index contributed by atoms with van der Waals surface area (Å²) in [6, 6.07) is 2.66. The van der Waals surface area contributed by atoms with Crippen LogP contribution in [0.3, 0.4) is 0 Å². The van der Waals surface area contributed by atoms with Crippen molar-refractivity contribution in [2.45, 2.75) is 19.9 Å². The SMILES string of the molecule is COc1cc(NC(C(=O)O)C(C)C)cc(OC)c1OC. The number of rotatable bonds is 7. The normalized spacial score (nSPS) is 11.9. The number of hydrogen-bond acceptors (Lipinski definition) is 5. The zero-order valence-electron chi connectivity index (χ0n) is 12.4. The van der Waals surface area contributed by atoms with Crippen molar-refractivity contribution in [3.63, 3.8) is 0 Å². The van der Waals surface area contributed by atoms with E-state index in [1.165, 1.54) is 21.3 Å². The van der Waals surface area contributed by atoms with E-state index in [9.17, 15) is 9.90 Å². The van der Waals surface area contributed by atoms with E-state index in [0.29, 0.717) is 22.9 Å². The number of nitrogens with one attached hydrogen (secondary N) is 1. The minimum Gasteiger partial charge on any atom is -0.493 e. The van der Waals surface area contributed by atoms with Crippen molar-refractivity contribution in [3.05, 3.63) is 12.1 Å². The third-order valence-electron chi connectivity index (χ3n) is 2.92. The summed E-state index contributed by atoms with van der Waals surface area (Å²) in [7, 11) is 4.54. The lowest BCUT2D eigenvalue weighted by molar-refractivity contribution is -0.138. The van der Waals surface area contributed by atoms with Gasteiger partial charge in [0, 0.05) is 17.8 Å². The molecule has 0 saturated heterocycles. The Morgan fingerprint density at radius 1 is 1.10 bits per heavy atom. The molecule has 112 valence electrons. The Hall–Kier alpha value is -2.11. The zero-order chi connectivity index (χ0) is 15.3. The highest BCUT2D eigenvalue weighted by molar-refractivity contribution is 5.78. The number of methoxy groups -OCH3 is 3. The smallest absolute Gasteiger partial charge is 0.326 e. The monoisotopic (exact) mass is 283 g/mol. The minimum atomic E-state index is -0.909. The fourth-order valence-electron chi connectivity index (χ4n) is 1.86. The number of aliphatic carboxylic acids is 1. The molecule has 6 nitrogen and oxygen atoms in total. The van der Waals surface area contributed by atoms with Crippen LogP contribution in [0.4, 0.5) is 5.69 Å². The molecule has 0 amide bonds. The van der Waals surface area contributed by atoms with Gasteiger partial charge in [-0.25, -0.2) is 4.79 Å². The van der Waals surface area contributed by atoms with Gasteiger partial charge in [-0.3, -0.25) is 0 Å². The predicted molar refractivity (Wildman–Crippen MR) is 76.0 cm³/mol. The molecule has 1 atom stereocenters. The van der Waals surface area contributed by atoms with Crippen LogP contribution in [-0.4, -0.2) is 38.4 Å². The van der Waals surface area contributed by atoms with Crippen LogP contribution < -0.4 is 19.5 Å². The lowest BCUT2D eigenvalue weighted by Gasteiger charge is -2.21. The van der Waals surface area contributed by atoms with Crippen LogP contribution in [0.5, 0.6) is 17.2 Å². The van der Waals surface area contributed by atoms with Gasteiger partial charge in [0.2, 0.25) is 5.75 Å². The van der Waals surface area contributed by atoms with E-state index < -0.39 is 12.0 Å². The molecular weight excluding hydrogens is 262 g/mol. The number of anilines is 1. The van der Waals surface area contributed by atoms with E-state index in [1.54, 1.807) is 12.1 Å². The summed E-state index contributed by atoms with van der Waals surface area (Å²) in [4.78, 5) is 11.2. The summed E-state index contributed by atoms with van der Waals surface area (Å²) in [5.74, 6) is 0.446. The Balaban J connectivity index is 3.16. The van der Waals surface area contributed by atoms with E-state index in [2.05, 4.69) is 5.32 Å². The van der Waals surface area contributed by atoms with E-state index in [-0.39, 0.29) is 5.92 Å². The van der Waals surface area contributed by atoms with Crippen LogP contribution in [0.2, 0.25) is 0 Å². The summed E-state index contributed by atoms with van der Waals surface area (Å²) < 4.78 is 15.7. The summed E-state index contributed by atoms with van der Waals surface area (Å²) in [6.45, 7) is 3.67. The molecular formula is C14H21NO5. The molecule has 0 saturated carbocycles. The van der Waals surface area contributed by atoms with Gasteiger partial charge in [-0.1, -0.05) is 13.8 Å². The molecule has 0 radical (unpaired) electrons. The van der Waals surface area contributed by atoms with Gasteiger partial charge in [0.25, 0.3) is 0 Å².